The van der Waals surface area contributed by atoms with E-state index in [1.165, 1.54) is 6.07 Å². The Bertz CT molecular complexity index is 770. The van der Waals surface area contributed by atoms with Crippen molar-refractivity contribution in [1.29, 1.82) is 0 Å². The standard InChI is InChI=1S/C20H30N2O4S/c1-15-10-16(2)13-22(12-15)27(24,25)19-8-4-6-17(11-19)20(23)26-18-7-5-9-21(3)14-18/h4,6,8,11,15-16,18H,5,7,9-10,12-14H2,1-3H3/t15-,16+,18-/m0/s1. The molecule has 2 aliphatic rings. The van der Waals surface area contributed by atoms with Gasteiger partial charge in [0, 0.05) is 19.6 Å². The zero-order chi connectivity index (χ0) is 19.6. The first kappa shape index (κ1) is 20.3. The molecule has 0 radical (unpaired) electrons. The van der Waals surface area contributed by atoms with E-state index < -0.39 is 16.0 Å². The van der Waals surface area contributed by atoms with Crippen LogP contribution in [0.15, 0.2) is 29.2 Å². The zero-order valence-electron chi connectivity index (χ0n) is 16.4. The van der Waals surface area contributed by atoms with Crippen LogP contribution in [0.3, 0.4) is 0 Å². The summed E-state index contributed by atoms with van der Waals surface area (Å²) in [5.74, 6) is 0.215. The monoisotopic (exact) mass is 394 g/mol. The number of nitrogens with zero attached hydrogens (tertiary/aromatic N) is 2. The Labute approximate surface area is 162 Å². The van der Waals surface area contributed by atoms with Gasteiger partial charge in [0.15, 0.2) is 0 Å². The van der Waals surface area contributed by atoms with Gasteiger partial charge in [-0.1, -0.05) is 19.9 Å². The highest BCUT2D eigenvalue weighted by molar-refractivity contribution is 7.89. The second kappa shape index (κ2) is 8.29. The molecule has 0 amide bonds. The van der Waals surface area contributed by atoms with Crippen LogP contribution in [0.1, 0.15) is 43.5 Å². The largest absolute Gasteiger partial charge is 0.457 e. The van der Waals surface area contributed by atoms with Crippen molar-refractivity contribution in [2.75, 3.05) is 33.2 Å². The van der Waals surface area contributed by atoms with Gasteiger partial charge in [-0.15, -0.1) is 0 Å². The van der Waals surface area contributed by atoms with Gasteiger partial charge in [0.25, 0.3) is 0 Å². The maximum Gasteiger partial charge on any atom is 0.338 e. The van der Waals surface area contributed by atoms with E-state index in [4.69, 9.17) is 4.74 Å². The third-order valence-corrected chi connectivity index (χ3v) is 7.23. The van der Waals surface area contributed by atoms with Gasteiger partial charge in [0.05, 0.1) is 10.5 Å². The molecular formula is C20H30N2O4S. The van der Waals surface area contributed by atoms with Crippen LogP contribution in [-0.4, -0.2) is 62.9 Å². The smallest absolute Gasteiger partial charge is 0.338 e. The number of rotatable bonds is 4. The van der Waals surface area contributed by atoms with Crippen LogP contribution in [0, 0.1) is 11.8 Å². The minimum absolute atomic E-state index is 0.139. The molecule has 0 aromatic heterocycles. The number of sulfonamides is 1. The normalized spacial score (nSPS) is 28.0. The van der Waals surface area contributed by atoms with Gasteiger partial charge in [0.1, 0.15) is 6.10 Å². The molecule has 1 aromatic rings. The average molecular weight is 395 g/mol. The summed E-state index contributed by atoms with van der Waals surface area (Å²) in [5.41, 5.74) is 0.294. The van der Waals surface area contributed by atoms with Crippen molar-refractivity contribution >= 4 is 16.0 Å². The topological polar surface area (TPSA) is 66.9 Å². The first-order valence-corrected chi connectivity index (χ1v) is 11.2. The third kappa shape index (κ3) is 4.89. The predicted octanol–water partition coefficient (Wildman–Crippen LogP) is 2.60. The fraction of sp³-hybridized carbons (Fsp3) is 0.650. The summed E-state index contributed by atoms with van der Waals surface area (Å²) < 4.78 is 33.3. The molecule has 0 spiro atoms. The molecule has 0 unspecified atom stereocenters. The molecule has 2 aliphatic heterocycles. The van der Waals surface area contributed by atoms with Crippen LogP contribution < -0.4 is 0 Å². The van der Waals surface area contributed by atoms with Crippen molar-refractivity contribution in [3.63, 3.8) is 0 Å². The highest BCUT2D eigenvalue weighted by Crippen LogP contribution is 2.27. The van der Waals surface area contributed by atoms with E-state index in [2.05, 4.69) is 18.7 Å². The number of carbonyl (C=O) groups is 1. The lowest BCUT2D eigenvalue weighted by molar-refractivity contribution is 0.0108. The fourth-order valence-corrected chi connectivity index (χ4v) is 5.90. The van der Waals surface area contributed by atoms with Crippen molar-refractivity contribution in [2.45, 2.75) is 44.1 Å². The van der Waals surface area contributed by atoms with Gasteiger partial charge in [-0.3, -0.25) is 0 Å². The highest BCUT2D eigenvalue weighted by atomic mass is 32.2. The average Bonchev–Trinajstić information content (AvgIpc) is 2.61. The van der Waals surface area contributed by atoms with Crippen LogP contribution in [0.2, 0.25) is 0 Å². The molecule has 2 fully saturated rings. The van der Waals surface area contributed by atoms with Crippen molar-refractivity contribution < 1.29 is 17.9 Å². The number of piperidine rings is 2. The predicted molar refractivity (Wildman–Crippen MR) is 104 cm³/mol. The van der Waals surface area contributed by atoms with E-state index in [9.17, 15) is 13.2 Å². The lowest BCUT2D eigenvalue weighted by Gasteiger charge is -2.34. The molecule has 3 atom stereocenters. The van der Waals surface area contributed by atoms with E-state index in [1.807, 2.05) is 7.05 Å². The van der Waals surface area contributed by atoms with E-state index >= 15 is 0 Å². The molecule has 6 nitrogen and oxygen atoms in total. The summed E-state index contributed by atoms with van der Waals surface area (Å²) in [5, 5.41) is 0. The van der Waals surface area contributed by atoms with Crippen LogP contribution in [0.5, 0.6) is 0 Å². The first-order valence-electron chi connectivity index (χ1n) is 9.75. The number of ether oxygens (including phenoxy) is 1. The van der Waals surface area contributed by atoms with Crippen molar-refractivity contribution in [3.05, 3.63) is 29.8 Å². The Morgan fingerprint density at radius 1 is 1.15 bits per heavy atom. The molecule has 3 rings (SSSR count). The molecule has 0 bridgehead atoms. The van der Waals surface area contributed by atoms with Crippen LogP contribution in [-0.2, 0) is 14.8 Å². The molecular weight excluding hydrogens is 364 g/mol. The SMILES string of the molecule is C[C@@H]1C[C@H](C)CN(S(=O)(=O)c2cccc(C(=O)O[C@H]3CCCN(C)C3)c2)C1. The van der Waals surface area contributed by atoms with E-state index in [1.54, 1.807) is 22.5 Å². The van der Waals surface area contributed by atoms with E-state index in [0.717, 1.165) is 25.8 Å². The minimum Gasteiger partial charge on any atom is -0.457 e. The molecule has 2 saturated heterocycles. The number of hydrogen-bond donors (Lipinski definition) is 0. The van der Waals surface area contributed by atoms with E-state index in [-0.39, 0.29) is 11.0 Å². The lowest BCUT2D eigenvalue weighted by atomic mass is 9.94. The van der Waals surface area contributed by atoms with Gasteiger partial charge >= 0.3 is 5.97 Å². The molecule has 27 heavy (non-hydrogen) atoms. The van der Waals surface area contributed by atoms with Crippen LogP contribution in [0.4, 0.5) is 0 Å². The Morgan fingerprint density at radius 3 is 2.52 bits per heavy atom. The van der Waals surface area contributed by atoms with Crippen LogP contribution in [0.25, 0.3) is 0 Å². The maximum atomic E-state index is 13.1. The van der Waals surface area contributed by atoms with Gasteiger partial charge in [-0.25, -0.2) is 13.2 Å². The number of likely N-dealkylation sites (tertiary alicyclic amines) is 1. The molecule has 7 heteroatoms. The molecule has 0 saturated carbocycles. The molecule has 1 aromatic carbocycles. The quantitative estimate of drug-likeness (QED) is 0.735. The Balaban J connectivity index is 1.75. The molecule has 0 N–H and O–H groups in total. The minimum atomic E-state index is -3.61. The van der Waals surface area contributed by atoms with Crippen molar-refractivity contribution in [3.8, 4) is 0 Å². The van der Waals surface area contributed by atoms with Crippen molar-refractivity contribution in [1.82, 2.24) is 9.21 Å². The van der Waals surface area contributed by atoms with Gasteiger partial charge < -0.3 is 9.64 Å². The second-order valence-corrected chi connectivity index (χ2v) is 10.2. The van der Waals surface area contributed by atoms with Crippen molar-refractivity contribution in [2.24, 2.45) is 11.8 Å². The lowest BCUT2D eigenvalue weighted by Crippen LogP contribution is -2.42. The number of carbonyl (C=O) groups excluding carboxylic acids is 1. The van der Waals surface area contributed by atoms with Gasteiger partial charge in [-0.2, -0.15) is 4.31 Å². The van der Waals surface area contributed by atoms with E-state index in [0.29, 0.717) is 37.0 Å². The summed E-state index contributed by atoms with van der Waals surface area (Å²) in [6.07, 6.45) is 2.74. The zero-order valence-corrected chi connectivity index (χ0v) is 17.2. The highest BCUT2D eigenvalue weighted by Gasteiger charge is 2.32. The Hall–Kier alpha value is -1.44. The summed E-state index contributed by atoms with van der Waals surface area (Å²) >= 11 is 0. The Kier molecular flexibility index (Phi) is 6.23. The van der Waals surface area contributed by atoms with Gasteiger partial charge in [-0.05, 0) is 62.9 Å². The summed E-state index contributed by atoms with van der Waals surface area (Å²) in [6, 6.07) is 6.25. The summed E-state index contributed by atoms with van der Waals surface area (Å²) in [4.78, 5) is 14.8. The summed E-state index contributed by atoms with van der Waals surface area (Å²) in [7, 11) is -1.60. The molecule has 2 heterocycles. The number of esters is 1. The number of hydrogen-bond acceptors (Lipinski definition) is 5. The first-order chi connectivity index (χ1) is 12.8. The Morgan fingerprint density at radius 2 is 1.85 bits per heavy atom. The molecule has 150 valence electrons. The summed E-state index contributed by atoms with van der Waals surface area (Å²) in [6.45, 7) is 6.92. The second-order valence-electron chi connectivity index (χ2n) is 8.23. The number of likely N-dealkylation sites (N-methyl/N-ethyl adjacent to an activating group) is 1. The van der Waals surface area contributed by atoms with Gasteiger partial charge in [0.2, 0.25) is 10.0 Å². The fourth-order valence-electron chi connectivity index (χ4n) is 4.17. The third-order valence-electron chi connectivity index (χ3n) is 5.40. The van der Waals surface area contributed by atoms with Crippen LogP contribution >= 0.6 is 0 Å². The maximum absolute atomic E-state index is 13.1. The number of benzene rings is 1. The molecule has 0 aliphatic carbocycles.